The molecule has 11 heteroatoms. The Morgan fingerprint density at radius 1 is 0.822 bits per heavy atom. The Bertz CT molecular complexity index is 1440. The van der Waals surface area contributed by atoms with Crippen LogP contribution in [0.4, 0.5) is 15.3 Å². The van der Waals surface area contributed by atoms with E-state index in [0.29, 0.717) is 24.1 Å². The molecular formula is C34H36N2O9. The zero-order valence-electron chi connectivity index (χ0n) is 24.6. The summed E-state index contributed by atoms with van der Waals surface area (Å²) in [6, 6.07) is 24.1. The normalized spacial score (nSPS) is 17.7. The van der Waals surface area contributed by atoms with Crippen molar-refractivity contribution in [3.8, 4) is 11.8 Å². The predicted molar refractivity (Wildman–Crippen MR) is 164 cm³/mol. The van der Waals surface area contributed by atoms with Gasteiger partial charge in [-0.25, -0.2) is 14.4 Å². The van der Waals surface area contributed by atoms with Gasteiger partial charge in [-0.15, -0.1) is 0 Å². The number of ether oxygens (including phenoxy) is 4. The molecule has 0 saturated carbocycles. The molecule has 45 heavy (non-hydrogen) atoms. The van der Waals surface area contributed by atoms with Crippen LogP contribution in [0.5, 0.6) is 0 Å². The molecule has 3 aromatic rings. The van der Waals surface area contributed by atoms with E-state index in [-0.39, 0.29) is 39.0 Å². The summed E-state index contributed by atoms with van der Waals surface area (Å²) in [6.45, 7) is -0.337. The Labute approximate surface area is 261 Å². The van der Waals surface area contributed by atoms with Crippen LogP contribution in [0.25, 0.3) is 0 Å². The van der Waals surface area contributed by atoms with Gasteiger partial charge in [0.15, 0.2) is 6.61 Å². The lowest BCUT2D eigenvalue weighted by atomic mass is 10.1. The van der Waals surface area contributed by atoms with Gasteiger partial charge in [0.05, 0.1) is 18.8 Å². The molecule has 11 nitrogen and oxygen atoms in total. The number of hydrogen-bond acceptors (Lipinski definition) is 9. The molecule has 4 atom stereocenters. The van der Waals surface area contributed by atoms with E-state index in [1.54, 1.807) is 24.3 Å². The molecule has 2 amide bonds. The zero-order chi connectivity index (χ0) is 31.9. The molecule has 0 bridgehead atoms. The van der Waals surface area contributed by atoms with Crippen molar-refractivity contribution in [3.05, 3.63) is 102 Å². The number of amides is 2. The highest BCUT2D eigenvalue weighted by atomic mass is 16.6. The number of nitrogens with one attached hydrogen (secondary N) is 2. The van der Waals surface area contributed by atoms with Crippen molar-refractivity contribution >= 4 is 23.8 Å². The van der Waals surface area contributed by atoms with Crippen LogP contribution in [-0.4, -0.2) is 65.9 Å². The fourth-order valence-electron chi connectivity index (χ4n) is 4.49. The van der Waals surface area contributed by atoms with E-state index in [9.17, 15) is 24.6 Å². The smallest absolute Gasteiger partial charge is 0.411 e. The van der Waals surface area contributed by atoms with Crippen LogP contribution in [0.1, 0.15) is 29.5 Å². The van der Waals surface area contributed by atoms with Crippen LogP contribution in [0.2, 0.25) is 0 Å². The molecule has 3 aromatic carbocycles. The highest BCUT2D eigenvalue weighted by Crippen LogP contribution is 2.22. The average Bonchev–Trinajstić information content (AvgIpc) is 3.43. The van der Waals surface area contributed by atoms with E-state index in [2.05, 4.69) is 22.5 Å². The third-order valence-electron chi connectivity index (χ3n) is 6.86. The summed E-state index contributed by atoms with van der Waals surface area (Å²) in [6.07, 6.45) is -2.34. The van der Waals surface area contributed by atoms with Crippen LogP contribution >= 0.6 is 0 Å². The van der Waals surface area contributed by atoms with Crippen LogP contribution in [-0.2, 0) is 43.4 Å². The third kappa shape index (κ3) is 11.3. The largest absolute Gasteiger partial charge is 0.451 e. The topological polar surface area (TPSA) is 153 Å². The molecule has 1 aliphatic heterocycles. The molecule has 0 radical (unpaired) electrons. The van der Waals surface area contributed by atoms with Gasteiger partial charge in [0, 0.05) is 24.9 Å². The van der Waals surface area contributed by atoms with Crippen molar-refractivity contribution in [1.82, 2.24) is 5.32 Å². The predicted octanol–water partition coefficient (Wildman–Crippen LogP) is 3.72. The summed E-state index contributed by atoms with van der Waals surface area (Å²) in [5.74, 6) is 4.89. The number of carbonyl (C=O) groups excluding carboxylic acids is 3. The maximum atomic E-state index is 13.0. The Kier molecular flexibility index (Phi) is 12.8. The first-order chi connectivity index (χ1) is 21.9. The molecule has 0 aliphatic carbocycles. The quantitative estimate of drug-likeness (QED) is 0.136. The van der Waals surface area contributed by atoms with E-state index in [4.69, 9.17) is 18.9 Å². The summed E-state index contributed by atoms with van der Waals surface area (Å²) in [7, 11) is 0. The molecule has 1 aliphatic rings. The first kappa shape index (κ1) is 33.0. The minimum absolute atomic E-state index is 0.0235. The third-order valence-corrected chi connectivity index (χ3v) is 6.86. The Morgan fingerprint density at radius 2 is 1.44 bits per heavy atom. The second-order valence-corrected chi connectivity index (χ2v) is 10.3. The standard InChI is InChI=1S/C34H36N2O9/c37-21-31-30(38)20-28(45-31)13-7-8-18-42-32(39)29(36-34(41)44-23-26-11-5-2-6-12-26)19-24-14-16-27(17-15-24)35-33(40)43-22-25-9-3-1-4-10-25/h1-6,9-12,14-17,28-31,37-38H,13,18-23H2,(H,35,40)(H,36,41)/t28-,29?,30+,31+/m0/s1. The molecule has 236 valence electrons. The molecular weight excluding hydrogens is 580 g/mol. The minimum atomic E-state index is -1.08. The Balaban J connectivity index is 1.30. The first-order valence-electron chi connectivity index (χ1n) is 14.5. The lowest BCUT2D eigenvalue weighted by Gasteiger charge is -2.17. The van der Waals surface area contributed by atoms with Gasteiger partial charge in [-0.2, -0.15) is 0 Å². The van der Waals surface area contributed by atoms with Gasteiger partial charge >= 0.3 is 18.2 Å². The fourth-order valence-corrected chi connectivity index (χ4v) is 4.49. The molecule has 4 N–H and O–H groups in total. The lowest BCUT2D eigenvalue weighted by molar-refractivity contribution is -0.144. The van der Waals surface area contributed by atoms with Gasteiger partial charge in [-0.1, -0.05) is 84.6 Å². The highest BCUT2D eigenvalue weighted by molar-refractivity contribution is 5.84. The molecule has 4 rings (SSSR count). The SMILES string of the molecule is O=C(Nc1ccc(CC(NC(=O)OCc2ccccc2)C(=O)OCC#CC[C@H]2C[C@@H](O)[C@@H](CO)O2)cc1)OCc1ccccc1. The maximum absolute atomic E-state index is 13.0. The van der Waals surface area contributed by atoms with Crippen molar-refractivity contribution in [2.24, 2.45) is 0 Å². The summed E-state index contributed by atoms with van der Waals surface area (Å²) in [5.41, 5.74) is 2.83. The second-order valence-electron chi connectivity index (χ2n) is 10.3. The van der Waals surface area contributed by atoms with Crippen LogP contribution in [0.15, 0.2) is 84.9 Å². The van der Waals surface area contributed by atoms with E-state index < -0.39 is 36.4 Å². The minimum Gasteiger partial charge on any atom is -0.451 e. The number of anilines is 1. The van der Waals surface area contributed by atoms with Gasteiger partial charge < -0.3 is 34.5 Å². The van der Waals surface area contributed by atoms with Crippen LogP contribution in [0.3, 0.4) is 0 Å². The molecule has 1 heterocycles. The van der Waals surface area contributed by atoms with Crippen molar-refractivity contribution in [2.45, 2.75) is 56.8 Å². The van der Waals surface area contributed by atoms with E-state index >= 15 is 0 Å². The highest BCUT2D eigenvalue weighted by Gasteiger charge is 2.32. The molecule has 0 aromatic heterocycles. The Hall–Kier alpha value is -4.89. The number of alkyl carbamates (subject to hydrolysis) is 1. The second kappa shape index (κ2) is 17.4. The van der Waals surface area contributed by atoms with Crippen molar-refractivity contribution in [3.63, 3.8) is 0 Å². The van der Waals surface area contributed by atoms with Gasteiger partial charge in [-0.3, -0.25) is 5.32 Å². The van der Waals surface area contributed by atoms with Gasteiger partial charge in [0.2, 0.25) is 0 Å². The number of esters is 1. The molecule has 1 saturated heterocycles. The number of aliphatic hydroxyl groups is 2. The van der Waals surface area contributed by atoms with Gasteiger partial charge in [0.25, 0.3) is 0 Å². The average molecular weight is 617 g/mol. The monoisotopic (exact) mass is 616 g/mol. The first-order valence-corrected chi connectivity index (χ1v) is 14.5. The lowest BCUT2D eigenvalue weighted by Crippen LogP contribution is -2.43. The van der Waals surface area contributed by atoms with Gasteiger partial charge in [0.1, 0.15) is 25.4 Å². The zero-order valence-corrected chi connectivity index (χ0v) is 24.6. The molecule has 0 spiro atoms. The maximum Gasteiger partial charge on any atom is 0.411 e. The Morgan fingerprint density at radius 3 is 2.04 bits per heavy atom. The van der Waals surface area contributed by atoms with Gasteiger partial charge in [-0.05, 0) is 28.8 Å². The van der Waals surface area contributed by atoms with Crippen molar-refractivity contribution in [1.29, 1.82) is 0 Å². The van der Waals surface area contributed by atoms with E-state index in [0.717, 1.165) is 11.1 Å². The molecule has 1 fully saturated rings. The number of benzene rings is 3. The summed E-state index contributed by atoms with van der Waals surface area (Å²) >= 11 is 0. The number of aliphatic hydroxyl groups excluding tert-OH is 2. The van der Waals surface area contributed by atoms with E-state index in [1.165, 1.54) is 0 Å². The number of hydrogen-bond donors (Lipinski definition) is 4. The van der Waals surface area contributed by atoms with Crippen LogP contribution in [0, 0.1) is 11.8 Å². The molecule has 1 unspecified atom stereocenters. The summed E-state index contributed by atoms with van der Waals surface area (Å²) in [4.78, 5) is 37.8. The van der Waals surface area contributed by atoms with Crippen molar-refractivity contribution in [2.75, 3.05) is 18.5 Å². The van der Waals surface area contributed by atoms with Crippen LogP contribution < -0.4 is 10.6 Å². The summed E-state index contributed by atoms with van der Waals surface area (Å²) < 4.78 is 21.4. The summed E-state index contributed by atoms with van der Waals surface area (Å²) in [5, 5.41) is 24.3. The van der Waals surface area contributed by atoms with E-state index in [1.807, 2.05) is 60.7 Å². The fraction of sp³-hybridized carbons (Fsp3) is 0.324. The number of carbonyl (C=O) groups is 3. The number of rotatable bonds is 12. The van der Waals surface area contributed by atoms with Crippen molar-refractivity contribution < 1.29 is 43.5 Å².